The zero-order chi connectivity index (χ0) is 14.7. The van der Waals surface area contributed by atoms with E-state index in [-0.39, 0.29) is 0 Å². The number of hydrogen-bond donors (Lipinski definition) is 0. The summed E-state index contributed by atoms with van der Waals surface area (Å²) in [6, 6.07) is 0. The molecule has 0 aromatic heterocycles. The highest BCUT2D eigenvalue weighted by Gasteiger charge is 1.93. The molecule has 0 heterocycles. The lowest BCUT2D eigenvalue weighted by Gasteiger charge is -2.02. The van der Waals surface area contributed by atoms with Gasteiger partial charge >= 0.3 is 0 Å². The molecule has 0 fully saturated rings. The lowest BCUT2D eigenvalue weighted by molar-refractivity contribution is 0.536. The molecule has 0 saturated carbocycles. The summed E-state index contributed by atoms with van der Waals surface area (Å²) in [6.45, 7) is 5.97. The number of rotatable bonds is 16. The predicted octanol–water partition coefficient (Wildman–Crippen LogP) is 7.60. The van der Waals surface area contributed by atoms with Crippen LogP contribution in [0.25, 0.3) is 0 Å². The second-order valence-corrected chi connectivity index (χ2v) is 6.05. The second kappa shape index (κ2) is 18.5. The van der Waals surface area contributed by atoms with E-state index in [9.17, 15) is 0 Å². The summed E-state index contributed by atoms with van der Waals surface area (Å²) in [4.78, 5) is 0. The molecule has 0 spiro atoms. The molecule has 0 nitrogen and oxygen atoms in total. The van der Waals surface area contributed by atoms with E-state index in [1.54, 1.807) is 0 Å². The molecule has 0 atom stereocenters. The van der Waals surface area contributed by atoms with Gasteiger partial charge in [-0.25, -0.2) is 0 Å². The van der Waals surface area contributed by atoms with Crippen LogP contribution in [0.3, 0.4) is 0 Å². The summed E-state index contributed by atoms with van der Waals surface area (Å²) in [7, 11) is 0. The topological polar surface area (TPSA) is 0 Å². The van der Waals surface area contributed by atoms with Crippen LogP contribution in [0.1, 0.15) is 103 Å². The summed E-state index contributed by atoms with van der Waals surface area (Å²) in [6.07, 6.45) is 27.5. The van der Waals surface area contributed by atoms with Crippen molar-refractivity contribution < 1.29 is 0 Å². The quantitative estimate of drug-likeness (QED) is 0.201. The molecule has 0 aliphatic heterocycles. The van der Waals surface area contributed by atoms with Gasteiger partial charge in [-0.05, 0) is 12.8 Å². The molecule has 0 aromatic carbocycles. The lowest BCUT2D eigenvalue weighted by Crippen LogP contribution is -1.83. The summed E-state index contributed by atoms with van der Waals surface area (Å²) in [5.41, 5.74) is 0. The molecule has 0 unspecified atom stereocenters. The van der Waals surface area contributed by atoms with E-state index in [4.69, 9.17) is 0 Å². The van der Waals surface area contributed by atoms with Gasteiger partial charge in [0.25, 0.3) is 0 Å². The highest BCUT2D eigenvalue weighted by atomic mass is 14.0. The number of allylic oxidation sites excluding steroid dienone is 3. The molecule has 0 aromatic rings. The largest absolute Gasteiger partial charge is 0.0991 e. The molecule has 0 bridgehead atoms. The Bertz CT molecular complexity index is 202. The van der Waals surface area contributed by atoms with Crippen molar-refractivity contribution in [1.29, 1.82) is 0 Å². The van der Waals surface area contributed by atoms with E-state index in [0.717, 1.165) is 0 Å². The maximum absolute atomic E-state index is 3.68. The normalized spacial score (nSPS) is 11.2. The Labute approximate surface area is 128 Å². The van der Waals surface area contributed by atoms with E-state index in [1.807, 2.05) is 6.08 Å². The van der Waals surface area contributed by atoms with Gasteiger partial charge in [-0.3, -0.25) is 0 Å². The van der Waals surface area contributed by atoms with Crippen molar-refractivity contribution in [3.05, 3.63) is 24.8 Å². The van der Waals surface area contributed by atoms with Gasteiger partial charge in [0.15, 0.2) is 0 Å². The molecule has 0 N–H and O–H groups in total. The third kappa shape index (κ3) is 17.5. The van der Waals surface area contributed by atoms with Crippen LogP contribution >= 0.6 is 0 Å². The Kier molecular flexibility index (Phi) is 18.0. The summed E-state index contributed by atoms with van der Waals surface area (Å²) >= 11 is 0. The van der Waals surface area contributed by atoms with Crippen LogP contribution in [0.15, 0.2) is 24.8 Å². The van der Waals surface area contributed by atoms with Crippen molar-refractivity contribution >= 4 is 0 Å². The van der Waals surface area contributed by atoms with Crippen LogP contribution in [0, 0.1) is 0 Å². The fourth-order valence-corrected chi connectivity index (χ4v) is 2.65. The zero-order valence-electron chi connectivity index (χ0n) is 14.0. The molecule has 118 valence electrons. The molecule has 0 aliphatic carbocycles. The van der Waals surface area contributed by atoms with Crippen molar-refractivity contribution in [1.82, 2.24) is 0 Å². The SMILES string of the molecule is C=CC=CCCCCCCCCCCCCCCCC. The highest BCUT2D eigenvalue weighted by Crippen LogP contribution is 2.13. The summed E-state index contributed by atoms with van der Waals surface area (Å²) in [5.74, 6) is 0. The van der Waals surface area contributed by atoms with E-state index in [0.29, 0.717) is 0 Å². The smallest absolute Gasteiger partial charge is 0.0348 e. The highest BCUT2D eigenvalue weighted by molar-refractivity contribution is 4.96. The van der Waals surface area contributed by atoms with Gasteiger partial charge in [0, 0.05) is 0 Å². The molecule has 20 heavy (non-hydrogen) atoms. The number of unbranched alkanes of at least 4 members (excludes halogenated alkanes) is 14. The van der Waals surface area contributed by atoms with Crippen molar-refractivity contribution in [2.24, 2.45) is 0 Å². The fourth-order valence-electron chi connectivity index (χ4n) is 2.65. The van der Waals surface area contributed by atoms with Gasteiger partial charge in [-0.1, -0.05) is 115 Å². The van der Waals surface area contributed by atoms with E-state index >= 15 is 0 Å². The minimum absolute atomic E-state index is 1.23. The molecule has 0 aliphatic rings. The van der Waals surface area contributed by atoms with Crippen LogP contribution in [-0.4, -0.2) is 0 Å². The third-order valence-corrected chi connectivity index (χ3v) is 4.00. The Balaban J connectivity index is 2.95. The molecular weight excluding hydrogens is 240 g/mol. The Morgan fingerprint density at radius 1 is 0.600 bits per heavy atom. The lowest BCUT2D eigenvalue weighted by atomic mass is 10.0. The Hall–Kier alpha value is -0.520. The van der Waals surface area contributed by atoms with Crippen LogP contribution < -0.4 is 0 Å². The van der Waals surface area contributed by atoms with Crippen LogP contribution in [-0.2, 0) is 0 Å². The van der Waals surface area contributed by atoms with Crippen molar-refractivity contribution in [3.8, 4) is 0 Å². The Morgan fingerprint density at radius 2 is 1.00 bits per heavy atom. The van der Waals surface area contributed by atoms with Gasteiger partial charge in [0.1, 0.15) is 0 Å². The average molecular weight is 279 g/mol. The second-order valence-electron chi connectivity index (χ2n) is 6.05. The first-order valence-corrected chi connectivity index (χ1v) is 9.19. The molecule has 0 rings (SSSR count). The molecule has 0 saturated heterocycles. The zero-order valence-corrected chi connectivity index (χ0v) is 14.0. The van der Waals surface area contributed by atoms with E-state index < -0.39 is 0 Å². The first-order chi connectivity index (χ1) is 9.91. The molecular formula is C20H38. The molecule has 0 heteroatoms. The predicted molar refractivity (Wildman–Crippen MR) is 94.3 cm³/mol. The van der Waals surface area contributed by atoms with Crippen molar-refractivity contribution in [3.63, 3.8) is 0 Å². The summed E-state index contributed by atoms with van der Waals surface area (Å²) < 4.78 is 0. The van der Waals surface area contributed by atoms with Crippen molar-refractivity contribution in [2.45, 2.75) is 103 Å². The minimum Gasteiger partial charge on any atom is -0.0991 e. The molecule has 0 amide bonds. The van der Waals surface area contributed by atoms with Crippen molar-refractivity contribution in [2.75, 3.05) is 0 Å². The number of hydrogen-bond acceptors (Lipinski definition) is 0. The van der Waals surface area contributed by atoms with Crippen LogP contribution in [0.4, 0.5) is 0 Å². The maximum atomic E-state index is 3.68. The Morgan fingerprint density at radius 3 is 1.40 bits per heavy atom. The monoisotopic (exact) mass is 278 g/mol. The standard InChI is InChI=1S/C20H38/c1-3-5-7-9-11-13-15-17-19-20-18-16-14-12-10-8-6-4-2/h3,5,7H,1,4,6,8-20H2,2H3. The van der Waals surface area contributed by atoms with E-state index in [1.165, 1.54) is 96.3 Å². The minimum atomic E-state index is 1.23. The van der Waals surface area contributed by atoms with Gasteiger partial charge in [0.05, 0.1) is 0 Å². The summed E-state index contributed by atoms with van der Waals surface area (Å²) in [5, 5.41) is 0. The third-order valence-electron chi connectivity index (χ3n) is 4.00. The average Bonchev–Trinajstić information content (AvgIpc) is 2.47. The van der Waals surface area contributed by atoms with Gasteiger partial charge in [-0.15, -0.1) is 0 Å². The molecule has 0 radical (unpaired) electrons. The van der Waals surface area contributed by atoms with Crippen LogP contribution in [0.5, 0.6) is 0 Å². The van der Waals surface area contributed by atoms with Gasteiger partial charge in [0.2, 0.25) is 0 Å². The fraction of sp³-hybridized carbons (Fsp3) is 0.800. The van der Waals surface area contributed by atoms with Crippen LogP contribution in [0.2, 0.25) is 0 Å². The van der Waals surface area contributed by atoms with Gasteiger partial charge in [-0.2, -0.15) is 0 Å². The van der Waals surface area contributed by atoms with E-state index in [2.05, 4.69) is 25.7 Å². The van der Waals surface area contributed by atoms with Gasteiger partial charge < -0.3 is 0 Å². The first-order valence-electron chi connectivity index (χ1n) is 9.19. The maximum Gasteiger partial charge on any atom is -0.0348 e. The first kappa shape index (κ1) is 19.5.